The van der Waals surface area contributed by atoms with E-state index in [1.807, 2.05) is 26.0 Å². The lowest BCUT2D eigenvalue weighted by atomic mass is 10.0. The van der Waals surface area contributed by atoms with E-state index in [9.17, 15) is 13.2 Å². The van der Waals surface area contributed by atoms with Crippen molar-refractivity contribution in [2.75, 3.05) is 0 Å². The average Bonchev–Trinajstić information content (AvgIpc) is 2.78. The van der Waals surface area contributed by atoms with E-state index >= 15 is 0 Å². The van der Waals surface area contributed by atoms with Gasteiger partial charge in [0.05, 0.1) is 9.80 Å². The number of aliphatic carboxylic acids is 1. The molecule has 1 N–H and O–H groups in total. The quantitative estimate of drug-likeness (QED) is 0.702. The number of hydrogen-bond donors (Lipinski definition) is 1. The van der Waals surface area contributed by atoms with E-state index in [-0.39, 0.29) is 9.80 Å². The van der Waals surface area contributed by atoms with Crippen LogP contribution in [0.3, 0.4) is 0 Å². The molecule has 0 radical (unpaired) electrons. The third-order valence-corrected chi connectivity index (χ3v) is 6.81. The van der Waals surface area contributed by atoms with Gasteiger partial charge in [0, 0.05) is 11.1 Å². The number of fused-ring (bicyclic) bond motifs is 1. The summed E-state index contributed by atoms with van der Waals surface area (Å²) >= 11 is 6.19. The SMILES string of the molecule is Cc1cc(C)cc(S(=O)(=O)C2=C(/C=C/C(=O)O)CCCc3ccc(Cl)cc32)c1. The van der Waals surface area contributed by atoms with Gasteiger partial charge in [-0.25, -0.2) is 13.2 Å². The molecule has 2 aromatic carbocycles. The van der Waals surface area contributed by atoms with Crippen LogP contribution in [-0.2, 0) is 21.1 Å². The third kappa shape index (κ3) is 4.21. The second-order valence-corrected chi connectivity index (χ2v) is 9.33. The highest BCUT2D eigenvalue weighted by Crippen LogP contribution is 2.39. The van der Waals surface area contributed by atoms with Gasteiger partial charge >= 0.3 is 5.97 Å². The van der Waals surface area contributed by atoms with Gasteiger partial charge in [-0.2, -0.15) is 0 Å². The largest absolute Gasteiger partial charge is 0.478 e. The molecule has 0 atom stereocenters. The maximum atomic E-state index is 13.7. The predicted octanol–water partition coefficient (Wildman–Crippen LogP) is 5.12. The zero-order valence-corrected chi connectivity index (χ0v) is 17.3. The second kappa shape index (κ2) is 7.94. The number of halogens is 1. The summed E-state index contributed by atoms with van der Waals surface area (Å²) in [6, 6.07) is 10.5. The highest BCUT2D eigenvalue weighted by atomic mass is 35.5. The summed E-state index contributed by atoms with van der Waals surface area (Å²) in [6.07, 6.45) is 4.27. The van der Waals surface area contributed by atoms with Crippen molar-refractivity contribution >= 4 is 32.3 Å². The van der Waals surface area contributed by atoms with Crippen LogP contribution in [0.2, 0.25) is 5.02 Å². The number of carbonyl (C=O) groups is 1. The van der Waals surface area contributed by atoms with Crippen LogP contribution in [0.15, 0.2) is 59.0 Å². The number of carboxylic acids is 1. The maximum absolute atomic E-state index is 13.7. The second-order valence-electron chi connectivity index (χ2n) is 7.01. The first kappa shape index (κ1) is 20.4. The molecule has 1 aliphatic rings. The van der Waals surface area contributed by atoms with E-state index in [0.717, 1.165) is 29.2 Å². The van der Waals surface area contributed by atoms with Gasteiger partial charge in [-0.3, -0.25) is 0 Å². The Morgan fingerprint density at radius 2 is 1.75 bits per heavy atom. The van der Waals surface area contributed by atoms with Crippen molar-refractivity contribution in [2.24, 2.45) is 0 Å². The van der Waals surface area contributed by atoms with Gasteiger partial charge in [-0.05, 0) is 85.2 Å². The molecule has 0 unspecified atom stereocenters. The monoisotopic (exact) mass is 416 g/mol. The molecule has 6 heteroatoms. The Morgan fingerprint density at radius 1 is 1.07 bits per heavy atom. The molecule has 146 valence electrons. The van der Waals surface area contributed by atoms with Crippen molar-refractivity contribution in [1.82, 2.24) is 0 Å². The van der Waals surface area contributed by atoms with E-state index in [2.05, 4.69) is 0 Å². The molecule has 0 saturated heterocycles. The standard InChI is InChI=1S/C22H21ClO4S/c1-14-10-15(2)12-19(11-14)28(26,27)22-17(7-9-21(24)25)5-3-4-16-6-8-18(23)13-20(16)22/h6-13H,3-5H2,1-2H3,(H,24,25)/b9-7+. The summed E-state index contributed by atoms with van der Waals surface area (Å²) < 4.78 is 27.4. The predicted molar refractivity (Wildman–Crippen MR) is 111 cm³/mol. The lowest BCUT2D eigenvalue weighted by Crippen LogP contribution is -2.08. The van der Waals surface area contributed by atoms with Crippen LogP contribution in [-0.4, -0.2) is 19.5 Å². The maximum Gasteiger partial charge on any atom is 0.328 e. The summed E-state index contributed by atoms with van der Waals surface area (Å²) in [5.41, 5.74) is 3.63. The van der Waals surface area contributed by atoms with Crippen LogP contribution in [0.25, 0.3) is 4.91 Å². The highest BCUT2D eigenvalue weighted by Gasteiger charge is 2.29. The number of allylic oxidation sites excluding steroid dienone is 2. The molecule has 0 aliphatic heterocycles. The molecule has 0 spiro atoms. The first-order valence-electron chi connectivity index (χ1n) is 8.95. The van der Waals surface area contributed by atoms with Crippen molar-refractivity contribution in [3.63, 3.8) is 0 Å². The Morgan fingerprint density at radius 3 is 2.39 bits per heavy atom. The summed E-state index contributed by atoms with van der Waals surface area (Å²) in [7, 11) is -3.88. The summed E-state index contributed by atoms with van der Waals surface area (Å²) in [5, 5.41) is 9.49. The van der Waals surface area contributed by atoms with Crippen molar-refractivity contribution in [2.45, 2.75) is 38.0 Å². The third-order valence-electron chi connectivity index (χ3n) is 4.70. The van der Waals surface area contributed by atoms with Crippen molar-refractivity contribution in [3.05, 3.63) is 81.4 Å². The van der Waals surface area contributed by atoms with E-state index in [4.69, 9.17) is 16.7 Å². The average molecular weight is 417 g/mol. The van der Waals surface area contributed by atoms with Gasteiger partial charge in [-0.15, -0.1) is 0 Å². The van der Waals surface area contributed by atoms with E-state index < -0.39 is 15.8 Å². The molecule has 0 bridgehead atoms. The Hall–Kier alpha value is -2.37. The Bertz CT molecular complexity index is 1090. The minimum atomic E-state index is -3.88. The number of aryl methyl sites for hydroxylation is 3. The zero-order valence-electron chi connectivity index (χ0n) is 15.7. The summed E-state index contributed by atoms with van der Waals surface area (Å²) in [6.45, 7) is 3.70. The lowest BCUT2D eigenvalue weighted by molar-refractivity contribution is -0.131. The normalized spacial score (nSPS) is 14.8. The minimum Gasteiger partial charge on any atom is -0.478 e. The number of sulfone groups is 1. The van der Waals surface area contributed by atoms with Gasteiger partial charge < -0.3 is 5.11 Å². The lowest BCUT2D eigenvalue weighted by Gasteiger charge is -2.16. The van der Waals surface area contributed by atoms with E-state index in [1.54, 1.807) is 24.3 Å². The van der Waals surface area contributed by atoms with Gasteiger partial charge in [0.15, 0.2) is 0 Å². The van der Waals surface area contributed by atoms with E-state index in [1.165, 1.54) is 6.08 Å². The van der Waals surface area contributed by atoms with Crippen molar-refractivity contribution in [3.8, 4) is 0 Å². The van der Waals surface area contributed by atoms with Crippen LogP contribution in [0.4, 0.5) is 0 Å². The van der Waals surface area contributed by atoms with Crippen LogP contribution < -0.4 is 0 Å². The number of carboxylic acid groups (broad SMARTS) is 1. The highest BCUT2D eigenvalue weighted by molar-refractivity contribution is 8.00. The summed E-state index contributed by atoms with van der Waals surface area (Å²) in [4.78, 5) is 11.4. The van der Waals surface area contributed by atoms with Crippen molar-refractivity contribution in [1.29, 1.82) is 0 Å². The van der Waals surface area contributed by atoms with Gasteiger partial charge in [-0.1, -0.05) is 29.8 Å². The molecule has 4 nitrogen and oxygen atoms in total. The van der Waals surface area contributed by atoms with Crippen LogP contribution in [0.1, 0.15) is 35.1 Å². The fourth-order valence-electron chi connectivity index (χ4n) is 3.59. The van der Waals surface area contributed by atoms with Crippen LogP contribution in [0, 0.1) is 13.8 Å². The molecule has 0 heterocycles. The molecule has 0 saturated carbocycles. The van der Waals surface area contributed by atoms with Crippen LogP contribution in [0.5, 0.6) is 0 Å². The molecular weight excluding hydrogens is 396 g/mol. The first-order chi connectivity index (χ1) is 13.2. The molecule has 2 aromatic rings. The number of rotatable bonds is 4. The van der Waals surface area contributed by atoms with Crippen molar-refractivity contribution < 1.29 is 18.3 Å². The van der Waals surface area contributed by atoms with Crippen LogP contribution >= 0.6 is 11.6 Å². The molecule has 3 rings (SSSR count). The fourth-order valence-corrected chi connectivity index (χ4v) is 5.67. The summed E-state index contributed by atoms with van der Waals surface area (Å²) in [5.74, 6) is -1.12. The van der Waals surface area contributed by atoms with Gasteiger partial charge in [0.25, 0.3) is 0 Å². The molecule has 0 fully saturated rings. The Kier molecular flexibility index (Phi) is 5.77. The van der Waals surface area contributed by atoms with Gasteiger partial charge in [0.2, 0.25) is 9.84 Å². The molecule has 1 aliphatic carbocycles. The molecule has 28 heavy (non-hydrogen) atoms. The minimum absolute atomic E-state index is 0.144. The molecule has 0 aromatic heterocycles. The smallest absolute Gasteiger partial charge is 0.328 e. The molecular formula is C22H21ClO4S. The first-order valence-corrected chi connectivity index (χ1v) is 10.8. The number of benzene rings is 2. The topological polar surface area (TPSA) is 71.4 Å². The molecule has 0 amide bonds. The Labute approximate surface area is 170 Å². The zero-order chi connectivity index (χ0) is 20.5. The van der Waals surface area contributed by atoms with Gasteiger partial charge in [0.1, 0.15) is 0 Å². The Balaban J connectivity index is 2.35. The van der Waals surface area contributed by atoms with E-state index in [0.29, 0.717) is 29.0 Å². The number of hydrogen-bond acceptors (Lipinski definition) is 3. The fraction of sp³-hybridized carbons (Fsp3) is 0.227.